The highest BCUT2D eigenvalue weighted by atomic mass is 35.5. The van der Waals surface area contributed by atoms with Crippen LogP contribution in [-0.4, -0.2) is 30.4 Å². The summed E-state index contributed by atoms with van der Waals surface area (Å²) in [6.45, 7) is 4.34. The van der Waals surface area contributed by atoms with Gasteiger partial charge in [0.25, 0.3) is 5.91 Å². The monoisotopic (exact) mass is 413 g/mol. The minimum absolute atomic E-state index is 0.206. The Morgan fingerprint density at radius 2 is 1.72 bits per heavy atom. The predicted octanol–water partition coefficient (Wildman–Crippen LogP) is 4.97. The van der Waals surface area contributed by atoms with Crippen molar-refractivity contribution in [2.24, 2.45) is 0 Å². The molecule has 0 unspecified atom stereocenters. The highest BCUT2D eigenvalue weighted by Crippen LogP contribution is 2.42. The zero-order valence-corrected chi connectivity index (χ0v) is 18.1. The molecule has 0 aromatic heterocycles. The van der Waals surface area contributed by atoms with Gasteiger partial charge in [-0.25, -0.2) is 0 Å². The molecule has 0 aliphatic heterocycles. The van der Waals surface area contributed by atoms with Crippen LogP contribution in [0.1, 0.15) is 47.9 Å². The largest absolute Gasteiger partial charge is 0.455 e. The highest BCUT2D eigenvalue weighted by molar-refractivity contribution is 6.30. The number of ether oxygens (including phenoxy) is 1. The topological polar surface area (TPSA) is 46.6 Å². The van der Waals surface area contributed by atoms with Crippen LogP contribution in [-0.2, 0) is 26.3 Å². The van der Waals surface area contributed by atoms with Crippen LogP contribution in [0.25, 0.3) is 0 Å². The molecule has 1 fully saturated rings. The molecule has 0 N–H and O–H groups in total. The van der Waals surface area contributed by atoms with E-state index >= 15 is 0 Å². The van der Waals surface area contributed by atoms with E-state index in [1.807, 2.05) is 38.1 Å². The Morgan fingerprint density at radius 1 is 1.07 bits per heavy atom. The van der Waals surface area contributed by atoms with E-state index < -0.39 is 5.41 Å². The maximum Gasteiger partial charge on any atom is 0.317 e. The van der Waals surface area contributed by atoms with Crippen molar-refractivity contribution in [1.29, 1.82) is 0 Å². The summed E-state index contributed by atoms with van der Waals surface area (Å²) in [5.74, 6) is -0.520. The number of carbonyl (C=O) groups is 2. The van der Waals surface area contributed by atoms with Crippen LogP contribution in [0, 0.1) is 13.8 Å². The summed E-state index contributed by atoms with van der Waals surface area (Å²) >= 11 is 6.00. The van der Waals surface area contributed by atoms with Crippen LogP contribution < -0.4 is 0 Å². The highest BCUT2D eigenvalue weighted by Gasteiger charge is 2.44. The fraction of sp³-hybridized carbons (Fsp3) is 0.417. The van der Waals surface area contributed by atoms with Crippen LogP contribution in [0.2, 0.25) is 5.02 Å². The predicted molar refractivity (Wildman–Crippen MR) is 115 cm³/mol. The molecule has 0 saturated heterocycles. The molecule has 1 amide bonds. The second kappa shape index (κ2) is 9.00. The maximum atomic E-state index is 13.0. The maximum absolute atomic E-state index is 13.0. The molecule has 0 heterocycles. The van der Waals surface area contributed by atoms with Gasteiger partial charge in [0, 0.05) is 18.6 Å². The number of carbonyl (C=O) groups excluding carboxylic acids is 2. The van der Waals surface area contributed by atoms with Crippen LogP contribution >= 0.6 is 11.6 Å². The molecule has 0 bridgehead atoms. The van der Waals surface area contributed by atoms with Crippen molar-refractivity contribution in [1.82, 2.24) is 4.90 Å². The number of nitrogens with zero attached hydrogens (tertiary/aromatic N) is 1. The minimum atomic E-state index is -0.670. The average Bonchev–Trinajstić information content (AvgIpc) is 3.19. The lowest BCUT2D eigenvalue weighted by atomic mass is 9.79. The quantitative estimate of drug-likeness (QED) is 0.628. The average molecular weight is 414 g/mol. The fourth-order valence-corrected chi connectivity index (χ4v) is 4.23. The number of hydrogen-bond acceptors (Lipinski definition) is 3. The first-order valence-corrected chi connectivity index (χ1v) is 10.4. The van der Waals surface area contributed by atoms with E-state index in [-0.39, 0.29) is 18.5 Å². The lowest BCUT2D eigenvalue weighted by molar-refractivity contribution is -0.156. The summed E-state index contributed by atoms with van der Waals surface area (Å²) in [4.78, 5) is 27.2. The lowest BCUT2D eigenvalue weighted by Crippen LogP contribution is -2.38. The van der Waals surface area contributed by atoms with Crippen LogP contribution in [0.5, 0.6) is 0 Å². The van der Waals surface area contributed by atoms with Gasteiger partial charge in [-0.3, -0.25) is 9.59 Å². The van der Waals surface area contributed by atoms with E-state index in [4.69, 9.17) is 16.3 Å². The Hall–Kier alpha value is -2.33. The minimum Gasteiger partial charge on any atom is -0.455 e. The van der Waals surface area contributed by atoms with E-state index in [9.17, 15) is 9.59 Å². The number of likely N-dealkylation sites (N-methyl/N-ethyl adjacent to an activating group) is 1. The summed E-state index contributed by atoms with van der Waals surface area (Å²) in [7, 11) is 1.74. The summed E-state index contributed by atoms with van der Waals surface area (Å²) in [6.07, 6.45) is 3.41. The molecular formula is C24H28ClNO3. The third kappa shape index (κ3) is 4.81. The zero-order chi connectivity index (χ0) is 21.0. The molecular weight excluding hydrogens is 386 g/mol. The number of amides is 1. The van der Waals surface area contributed by atoms with Crippen LogP contribution in [0.3, 0.4) is 0 Å². The molecule has 3 rings (SSSR count). The number of rotatable bonds is 6. The van der Waals surface area contributed by atoms with Crippen molar-refractivity contribution >= 4 is 23.5 Å². The van der Waals surface area contributed by atoms with Crippen LogP contribution in [0.15, 0.2) is 42.5 Å². The second-order valence-corrected chi connectivity index (χ2v) is 8.49. The zero-order valence-electron chi connectivity index (χ0n) is 17.3. The molecule has 0 atom stereocenters. The molecule has 0 spiro atoms. The Kier molecular flexibility index (Phi) is 6.63. The van der Waals surface area contributed by atoms with Gasteiger partial charge in [0.15, 0.2) is 6.61 Å². The van der Waals surface area contributed by atoms with Crippen molar-refractivity contribution in [3.8, 4) is 0 Å². The van der Waals surface area contributed by atoms with Gasteiger partial charge in [-0.2, -0.15) is 0 Å². The first-order chi connectivity index (χ1) is 13.8. The molecule has 1 aliphatic rings. The summed E-state index contributed by atoms with van der Waals surface area (Å²) in [6, 6.07) is 13.6. The summed E-state index contributed by atoms with van der Waals surface area (Å²) in [5.41, 5.74) is 3.68. The summed E-state index contributed by atoms with van der Waals surface area (Å²) < 4.78 is 5.52. The molecule has 29 heavy (non-hydrogen) atoms. The van der Waals surface area contributed by atoms with Crippen LogP contribution in [0.4, 0.5) is 0 Å². The Bertz CT molecular complexity index is 885. The van der Waals surface area contributed by atoms with Gasteiger partial charge in [-0.15, -0.1) is 0 Å². The lowest BCUT2D eigenvalue weighted by Gasteiger charge is -2.27. The molecule has 2 aromatic rings. The van der Waals surface area contributed by atoms with E-state index in [1.54, 1.807) is 24.1 Å². The molecule has 1 aliphatic carbocycles. The molecule has 2 aromatic carbocycles. The SMILES string of the molecule is Cc1ccc(CN(C)C(=O)COC(=O)C2(c3ccc(Cl)cc3)CCCC2)c(C)c1. The molecule has 4 nitrogen and oxygen atoms in total. The smallest absolute Gasteiger partial charge is 0.317 e. The number of aryl methyl sites for hydroxylation is 2. The second-order valence-electron chi connectivity index (χ2n) is 8.05. The molecule has 154 valence electrons. The third-order valence-electron chi connectivity index (χ3n) is 5.90. The van der Waals surface area contributed by atoms with Gasteiger partial charge in [0.05, 0.1) is 5.41 Å². The standard InChI is InChI=1S/C24H28ClNO3/c1-17-6-7-19(18(2)14-17)15-26(3)22(27)16-29-23(28)24(12-4-5-13-24)20-8-10-21(25)11-9-20/h6-11,14H,4-5,12-13,15-16H2,1-3H3. The normalized spacial score (nSPS) is 15.2. The summed E-state index contributed by atoms with van der Waals surface area (Å²) in [5, 5.41) is 0.637. The van der Waals surface area contributed by atoms with Gasteiger partial charge in [0.2, 0.25) is 0 Å². The van der Waals surface area contributed by atoms with E-state index in [1.165, 1.54) is 5.56 Å². The first kappa shape index (κ1) is 21.4. The number of esters is 1. The van der Waals surface area contributed by atoms with Crippen molar-refractivity contribution in [2.45, 2.75) is 51.5 Å². The van der Waals surface area contributed by atoms with Gasteiger partial charge >= 0.3 is 5.97 Å². The molecule has 1 saturated carbocycles. The number of halogens is 1. The van der Waals surface area contributed by atoms with E-state index in [0.717, 1.165) is 42.4 Å². The van der Waals surface area contributed by atoms with E-state index in [2.05, 4.69) is 6.07 Å². The van der Waals surface area contributed by atoms with E-state index in [0.29, 0.717) is 11.6 Å². The van der Waals surface area contributed by atoms with Gasteiger partial charge in [-0.05, 0) is 55.5 Å². The fourth-order valence-electron chi connectivity index (χ4n) is 4.10. The number of benzene rings is 2. The molecule has 0 radical (unpaired) electrons. The van der Waals surface area contributed by atoms with Gasteiger partial charge in [0.1, 0.15) is 0 Å². The van der Waals surface area contributed by atoms with Crippen molar-refractivity contribution in [3.63, 3.8) is 0 Å². The molecule has 5 heteroatoms. The first-order valence-electron chi connectivity index (χ1n) is 10.1. The van der Waals surface area contributed by atoms with Gasteiger partial charge in [-0.1, -0.05) is 60.3 Å². The number of hydrogen-bond donors (Lipinski definition) is 0. The van der Waals surface area contributed by atoms with Crippen molar-refractivity contribution < 1.29 is 14.3 Å². The third-order valence-corrected chi connectivity index (χ3v) is 6.15. The Balaban J connectivity index is 1.63. The van der Waals surface area contributed by atoms with Crippen molar-refractivity contribution in [3.05, 3.63) is 69.7 Å². The van der Waals surface area contributed by atoms with Gasteiger partial charge < -0.3 is 9.64 Å². The van der Waals surface area contributed by atoms with Crippen molar-refractivity contribution in [2.75, 3.05) is 13.7 Å². The Labute approximate surface area is 177 Å². The Morgan fingerprint density at radius 3 is 2.34 bits per heavy atom.